The van der Waals surface area contributed by atoms with Gasteiger partial charge in [0.25, 0.3) is 0 Å². The molecule has 0 N–H and O–H groups in total. The third kappa shape index (κ3) is 3.63. The lowest BCUT2D eigenvalue weighted by atomic mass is 10.0. The van der Waals surface area contributed by atoms with Crippen LogP contribution >= 0.6 is 11.6 Å². The Morgan fingerprint density at radius 2 is 2.22 bits per heavy atom. The quantitative estimate of drug-likeness (QED) is 0.820. The number of benzene rings is 1. The van der Waals surface area contributed by atoms with Gasteiger partial charge in [-0.2, -0.15) is 0 Å². The van der Waals surface area contributed by atoms with Crippen LogP contribution in [0.2, 0.25) is 5.02 Å². The van der Waals surface area contributed by atoms with Crippen molar-refractivity contribution < 1.29 is 4.74 Å². The maximum atomic E-state index is 5.98. The molecule has 2 nitrogen and oxygen atoms in total. The highest BCUT2D eigenvalue weighted by Crippen LogP contribution is 2.23. The SMILES string of the molecule is Cc1ccc(Cl)cc1OCCC1CCCCN1C. The summed E-state index contributed by atoms with van der Waals surface area (Å²) >= 11 is 5.98. The molecule has 3 heteroatoms. The molecule has 1 atom stereocenters. The Bertz CT molecular complexity index is 394. The third-order valence-corrected chi connectivity index (χ3v) is 4.02. The highest BCUT2D eigenvalue weighted by atomic mass is 35.5. The number of hydrogen-bond acceptors (Lipinski definition) is 2. The highest BCUT2D eigenvalue weighted by Gasteiger charge is 2.18. The van der Waals surface area contributed by atoms with Crippen molar-refractivity contribution in [2.45, 2.75) is 38.6 Å². The van der Waals surface area contributed by atoms with Gasteiger partial charge in [0.2, 0.25) is 0 Å². The van der Waals surface area contributed by atoms with Crippen molar-refractivity contribution in [3.8, 4) is 5.75 Å². The lowest BCUT2D eigenvalue weighted by Gasteiger charge is -2.32. The minimum absolute atomic E-state index is 0.679. The van der Waals surface area contributed by atoms with E-state index in [1.807, 2.05) is 18.2 Å². The van der Waals surface area contributed by atoms with E-state index in [9.17, 15) is 0 Å². The lowest BCUT2D eigenvalue weighted by molar-refractivity contribution is 0.153. The molecular weight excluding hydrogens is 246 g/mol. The van der Waals surface area contributed by atoms with Gasteiger partial charge in [0, 0.05) is 11.1 Å². The minimum atomic E-state index is 0.679. The molecule has 0 aromatic heterocycles. The summed E-state index contributed by atoms with van der Waals surface area (Å²) in [5.74, 6) is 0.918. The molecule has 1 heterocycles. The maximum Gasteiger partial charge on any atom is 0.123 e. The van der Waals surface area contributed by atoms with Crippen LogP contribution in [-0.4, -0.2) is 31.1 Å². The van der Waals surface area contributed by atoms with Crippen LogP contribution in [0.25, 0.3) is 0 Å². The highest BCUT2D eigenvalue weighted by molar-refractivity contribution is 6.30. The molecule has 1 aromatic carbocycles. The Balaban J connectivity index is 1.82. The molecule has 0 bridgehead atoms. The van der Waals surface area contributed by atoms with Crippen LogP contribution in [0, 0.1) is 6.92 Å². The maximum absolute atomic E-state index is 5.98. The molecule has 0 saturated carbocycles. The average molecular weight is 268 g/mol. The average Bonchev–Trinajstić information content (AvgIpc) is 2.36. The van der Waals surface area contributed by atoms with E-state index in [0.717, 1.165) is 29.4 Å². The van der Waals surface area contributed by atoms with Gasteiger partial charge in [-0.05, 0) is 57.5 Å². The van der Waals surface area contributed by atoms with Gasteiger partial charge >= 0.3 is 0 Å². The molecule has 1 saturated heterocycles. The molecule has 1 unspecified atom stereocenters. The van der Waals surface area contributed by atoms with E-state index in [4.69, 9.17) is 16.3 Å². The molecule has 1 fully saturated rings. The monoisotopic (exact) mass is 267 g/mol. The molecule has 1 aliphatic rings. The van der Waals surface area contributed by atoms with Gasteiger partial charge in [-0.3, -0.25) is 0 Å². The van der Waals surface area contributed by atoms with E-state index in [-0.39, 0.29) is 0 Å². The second-order valence-electron chi connectivity index (χ2n) is 5.18. The van der Waals surface area contributed by atoms with Gasteiger partial charge in [-0.15, -0.1) is 0 Å². The van der Waals surface area contributed by atoms with Crippen molar-refractivity contribution in [3.63, 3.8) is 0 Å². The first-order valence-corrected chi connectivity index (χ1v) is 7.14. The zero-order valence-electron chi connectivity index (χ0n) is 11.3. The molecular formula is C15H22ClNO. The molecule has 18 heavy (non-hydrogen) atoms. The van der Waals surface area contributed by atoms with Gasteiger partial charge in [-0.1, -0.05) is 24.1 Å². The predicted molar refractivity (Wildman–Crippen MR) is 76.6 cm³/mol. The number of piperidine rings is 1. The Labute approximate surface area is 115 Å². The van der Waals surface area contributed by atoms with Gasteiger partial charge in [-0.25, -0.2) is 0 Å². The van der Waals surface area contributed by atoms with Crippen molar-refractivity contribution >= 4 is 11.6 Å². The largest absolute Gasteiger partial charge is 0.493 e. The summed E-state index contributed by atoms with van der Waals surface area (Å²) in [6.07, 6.45) is 5.09. The number of nitrogens with zero attached hydrogens (tertiary/aromatic N) is 1. The van der Waals surface area contributed by atoms with Crippen LogP contribution in [0.3, 0.4) is 0 Å². The molecule has 1 aliphatic heterocycles. The minimum Gasteiger partial charge on any atom is -0.493 e. The van der Waals surface area contributed by atoms with Crippen LogP contribution in [0.15, 0.2) is 18.2 Å². The normalized spacial score (nSPS) is 20.9. The summed E-state index contributed by atoms with van der Waals surface area (Å²) in [4.78, 5) is 2.46. The van der Waals surface area contributed by atoms with E-state index in [1.54, 1.807) is 0 Å². The van der Waals surface area contributed by atoms with Crippen molar-refractivity contribution in [3.05, 3.63) is 28.8 Å². The number of hydrogen-bond donors (Lipinski definition) is 0. The summed E-state index contributed by atoms with van der Waals surface area (Å²) < 4.78 is 5.86. The molecule has 0 spiro atoms. The van der Waals surface area contributed by atoms with E-state index >= 15 is 0 Å². The fourth-order valence-corrected chi connectivity index (χ4v) is 2.71. The number of ether oxygens (including phenoxy) is 1. The molecule has 2 rings (SSSR count). The Morgan fingerprint density at radius 1 is 1.39 bits per heavy atom. The standard InChI is InChI=1S/C15H22ClNO/c1-12-6-7-13(16)11-15(12)18-10-8-14-5-3-4-9-17(14)2/h6-7,11,14H,3-5,8-10H2,1-2H3. The van der Waals surface area contributed by atoms with E-state index in [2.05, 4.69) is 18.9 Å². The zero-order valence-corrected chi connectivity index (χ0v) is 12.0. The zero-order chi connectivity index (χ0) is 13.0. The van der Waals surface area contributed by atoms with E-state index < -0.39 is 0 Å². The molecule has 1 aromatic rings. The van der Waals surface area contributed by atoms with Gasteiger partial charge in [0.05, 0.1) is 6.61 Å². The summed E-state index contributed by atoms with van der Waals surface area (Å²) in [5, 5.41) is 0.741. The summed E-state index contributed by atoms with van der Waals surface area (Å²) in [6.45, 7) is 4.05. The van der Waals surface area contributed by atoms with Crippen molar-refractivity contribution in [2.24, 2.45) is 0 Å². The smallest absolute Gasteiger partial charge is 0.123 e. The van der Waals surface area contributed by atoms with Crippen LogP contribution in [0.4, 0.5) is 0 Å². The second-order valence-corrected chi connectivity index (χ2v) is 5.61. The molecule has 0 radical (unpaired) electrons. The van der Waals surface area contributed by atoms with Crippen LogP contribution in [-0.2, 0) is 0 Å². The summed E-state index contributed by atoms with van der Waals surface area (Å²) in [5.41, 5.74) is 1.15. The first-order chi connectivity index (χ1) is 8.66. The lowest BCUT2D eigenvalue weighted by Crippen LogP contribution is -2.37. The van der Waals surface area contributed by atoms with Crippen molar-refractivity contribution in [1.82, 2.24) is 4.90 Å². The fourth-order valence-electron chi connectivity index (χ4n) is 2.54. The van der Waals surface area contributed by atoms with Gasteiger partial charge in [0.15, 0.2) is 0 Å². The number of aryl methyl sites for hydroxylation is 1. The van der Waals surface area contributed by atoms with E-state index in [1.165, 1.54) is 25.8 Å². The number of rotatable bonds is 4. The van der Waals surface area contributed by atoms with Gasteiger partial charge < -0.3 is 9.64 Å². The molecule has 0 aliphatic carbocycles. The molecule has 100 valence electrons. The summed E-state index contributed by atoms with van der Waals surface area (Å²) in [6, 6.07) is 6.49. The first kappa shape index (κ1) is 13.7. The fraction of sp³-hybridized carbons (Fsp3) is 0.600. The predicted octanol–water partition coefficient (Wildman–Crippen LogP) is 3.90. The Kier molecular flexibility index (Phi) is 4.90. The first-order valence-electron chi connectivity index (χ1n) is 6.76. The van der Waals surface area contributed by atoms with Crippen molar-refractivity contribution in [1.29, 1.82) is 0 Å². The topological polar surface area (TPSA) is 12.5 Å². The van der Waals surface area contributed by atoms with Crippen molar-refractivity contribution in [2.75, 3.05) is 20.2 Å². The number of likely N-dealkylation sites (tertiary alicyclic amines) is 1. The van der Waals surface area contributed by atoms with Crippen LogP contribution in [0.5, 0.6) is 5.75 Å². The Hall–Kier alpha value is -0.730. The molecule has 0 amide bonds. The summed E-state index contributed by atoms with van der Waals surface area (Å²) in [7, 11) is 2.22. The van der Waals surface area contributed by atoms with E-state index in [0.29, 0.717) is 6.04 Å². The third-order valence-electron chi connectivity index (χ3n) is 3.78. The number of halogens is 1. The van der Waals surface area contributed by atoms with Gasteiger partial charge in [0.1, 0.15) is 5.75 Å². The second kappa shape index (κ2) is 6.44. The Morgan fingerprint density at radius 3 is 3.00 bits per heavy atom. The van der Waals surface area contributed by atoms with Crippen LogP contribution < -0.4 is 4.74 Å². The van der Waals surface area contributed by atoms with Crippen LogP contribution in [0.1, 0.15) is 31.2 Å².